The van der Waals surface area contributed by atoms with Gasteiger partial charge >= 0.3 is 0 Å². The largest absolute Gasteiger partial charge is 0.326 e. The van der Waals surface area contributed by atoms with E-state index in [1.54, 1.807) is 27.7 Å². The summed E-state index contributed by atoms with van der Waals surface area (Å²) in [5, 5.41) is 5.46. The van der Waals surface area contributed by atoms with Crippen LogP contribution >= 0.6 is 11.8 Å². The smallest absolute Gasteiger partial charge is 0.263 e. The second-order valence-electron chi connectivity index (χ2n) is 10.4. The van der Waals surface area contributed by atoms with Gasteiger partial charge in [-0.25, -0.2) is 36.8 Å². The van der Waals surface area contributed by atoms with Crippen molar-refractivity contribution in [1.82, 2.24) is 19.9 Å². The summed E-state index contributed by atoms with van der Waals surface area (Å²) in [6, 6.07) is 14.6. The number of carbonyl (C=O) groups is 2. The predicted octanol–water partition coefficient (Wildman–Crippen LogP) is 4.19. The highest BCUT2D eigenvalue weighted by molar-refractivity contribution is 7.99. The van der Waals surface area contributed by atoms with Gasteiger partial charge in [0.05, 0.1) is 9.79 Å². The minimum atomic E-state index is -3.88. The third-order valence-corrected chi connectivity index (χ3v) is 9.98. The molecular weight excluding hydrogens is 665 g/mol. The molecule has 0 bridgehead atoms. The van der Waals surface area contributed by atoms with Crippen LogP contribution in [0.5, 0.6) is 0 Å². The first-order valence-electron chi connectivity index (χ1n) is 14.3. The van der Waals surface area contributed by atoms with Gasteiger partial charge in [-0.05, 0) is 76.2 Å². The first-order valence-corrected chi connectivity index (χ1v) is 18.4. The van der Waals surface area contributed by atoms with Crippen molar-refractivity contribution in [2.45, 2.75) is 50.3 Å². The number of thioether (sulfide) groups is 1. The van der Waals surface area contributed by atoms with E-state index < -0.39 is 20.0 Å². The van der Waals surface area contributed by atoms with Gasteiger partial charge in [0.2, 0.25) is 11.8 Å². The summed E-state index contributed by atoms with van der Waals surface area (Å²) in [7, 11) is -7.76. The second-order valence-corrected chi connectivity index (χ2v) is 14.9. The number of hydrogen-bond acceptors (Lipinski definition) is 11. The number of aryl methyl sites for hydroxylation is 4. The van der Waals surface area contributed by atoms with Crippen molar-refractivity contribution in [2.75, 3.05) is 31.6 Å². The third kappa shape index (κ3) is 10.7. The van der Waals surface area contributed by atoms with Gasteiger partial charge in [-0.15, -0.1) is 0 Å². The summed E-state index contributed by atoms with van der Waals surface area (Å²) in [6.45, 7) is 6.82. The van der Waals surface area contributed by atoms with E-state index in [0.29, 0.717) is 45.9 Å². The topological polar surface area (TPSA) is 202 Å². The Morgan fingerprint density at radius 1 is 0.596 bits per heavy atom. The van der Waals surface area contributed by atoms with E-state index in [1.165, 1.54) is 72.4 Å². The minimum absolute atomic E-state index is 0.0138. The van der Waals surface area contributed by atoms with Crippen molar-refractivity contribution < 1.29 is 26.4 Å². The molecule has 47 heavy (non-hydrogen) atoms. The first-order chi connectivity index (χ1) is 22.2. The van der Waals surface area contributed by atoms with Gasteiger partial charge in [0.1, 0.15) is 23.3 Å². The molecule has 0 spiro atoms. The molecule has 2 aromatic heterocycles. The zero-order chi connectivity index (χ0) is 34.2. The van der Waals surface area contributed by atoms with Crippen molar-refractivity contribution in [2.24, 2.45) is 0 Å². The molecule has 0 unspecified atom stereocenters. The summed E-state index contributed by atoms with van der Waals surface area (Å²) in [6.07, 6.45) is 0.386. The van der Waals surface area contributed by atoms with Crippen LogP contribution in [-0.4, -0.2) is 60.1 Å². The van der Waals surface area contributed by atoms with Crippen molar-refractivity contribution in [3.05, 3.63) is 83.7 Å². The maximum absolute atomic E-state index is 12.7. The number of carbonyl (C=O) groups excluding carboxylic acids is 2. The molecule has 2 amide bonds. The Kier molecular flexibility index (Phi) is 11.5. The van der Waals surface area contributed by atoms with Gasteiger partial charge in [0.25, 0.3) is 20.0 Å². The number of amides is 2. The maximum Gasteiger partial charge on any atom is 0.263 e. The molecule has 0 aliphatic heterocycles. The zero-order valence-corrected chi connectivity index (χ0v) is 28.5. The summed E-state index contributed by atoms with van der Waals surface area (Å²) in [4.78, 5) is 41.2. The molecule has 0 atom stereocenters. The van der Waals surface area contributed by atoms with Gasteiger partial charge < -0.3 is 10.6 Å². The quantitative estimate of drug-likeness (QED) is 0.138. The fourth-order valence-electron chi connectivity index (χ4n) is 4.25. The number of benzene rings is 2. The van der Waals surface area contributed by atoms with Crippen LogP contribution in [0.3, 0.4) is 0 Å². The molecule has 248 valence electrons. The number of aromatic nitrogens is 4. The average Bonchev–Trinajstić information content (AvgIpc) is 2.96. The molecule has 0 aliphatic carbocycles. The molecule has 4 rings (SSSR count). The lowest BCUT2D eigenvalue weighted by Crippen LogP contribution is -2.16. The molecule has 0 saturated carbocycles. The molecular formula is C30H34N8O6S3. The lowest BCUT2D eigenvalue weighted by atomic mass is 10.3. The number of hydrogen-bond donors (Lipinski definition) is 4. The van der Waals surface area contributed by atoms with Crippen LogP contribution in [0.2, 0.25) is 0 Å². The Morgan fingerprint density at radius 3 is 1.30 bits per heavy atom. The summed E-state index contributed by atoms with van der Waals surface area (Å²) in [5.74, 6) is 1.66. The van der Waals surface area contributed by atoms with Gasteiger partial charge in [-0.3, -0.25) is 19.0 Å². The summed E-state index contributed by atoms with van der Waals surface area (Å²) < 4.78 is 55.7. The lowest BCUT2D eigenvalue weighted by Gasteiger charge is -2.10. The van der Waals surface area contributed by atoms with Crippen LogP contribution in [0.25, 0.3) is 0 Å². The summed E-state index contributed by atoms with van der Waals surface area (Å²) >= 11 is 1.43. The van der Waals surface area contributed by atoms with Crippen LogP contribution in [0.15, 0.2) is 70.5 Å². The van der Waals surface area contributed by atoms with Crippen LogP contribution in [0.4, 0.5) is 23.0 Å². The van der Waals surface area contributed by atoms with E-state index in [1.807, 2.05) is 0 Å². The molecule has 2 heterocycles. The Balaban J connectivity index is 1.16. The highest BCUT2D eigenvalue weighted by Crippen LogP contribution is 2.20. The molecule has 14 nitrogen and oxygen atoms in total. The minimum Gasteiger partial charge on any atom is -0.326 e. The van der Waals surface area contributed by atoms with Crippen LogP contribution < -0.4 is 20.1 Å². The monoisotopic (exact) mass is 698 g/mol. The van der Waals surface area contributed by atoms with Gasteiger partial charge in [-0.2, -0.15) is 11.8 Å². The number of sulfonamides is 2. The van der Waals surface area contributed by atoms with E-state index in [2.05, 4.69) is 40.0 Å². The highest BCUT2D eigenvalue weighted by atomic mass is 32.2. The van der Waals surface area contributed by atoms with E-state index >= 15 is 0 Å². The average molecular weight is 699 g/mol. The molecule has 4 aromatic rings. The van der Waals surface area contributed by atoms with Gasteiger partial charge in [0, 0.05) is 59.2 Å². The fourth-order valence-corrected chi connectivity index (χ4v) is 7.09. The first kappa shape index (κ1) is 35.2. The SMILES string of the molecule is Cc1cc(NS(=O)(=O)c2ccc(NC(=O)CCSCCC(=O)Nc3ccc(S(=O)(=O)Nc4cc(C)nc(C)n4)cc3)cc2)nc(C)n1. The van der Waals surface area contributed by atoms with Crippen molar-refractivity contribution in [3.63, 3.8) is 0 Å². The third-order valence-electron chi connectivity index (χ3n) is 6.25. The van der Waals surface area contributed by atoms with Crippen molar-refractivity contribution in [3.8, 4) is 0 Å². The van der Waals surface area contributed by atoms with Gasteiger partial charge in [-0.1, -0.05) is 0 Å². The van der Waals surface area contributed by atoms with Crippen molar-refractivity contribution in [1.29, 1.82) is 0 Å². The number of nitrogens with one attached hydrogen (secondary N) is 4. The normalized spacial score (nSPS) is 11.5. The maximum atomic E-state index is 12.7. The molecule has 4 N–H and O–H groups in total. The lowest BCUT2D eigenvalue weighted by molar-refractivity contribution is -0.116. The zero-order valence-electron chi connectivity index (χ0n) is 26.1. The second kappa shape index (κ2) is 15.3. The fraction of sp³-hybridized carbons (Fsp3) is 0.267. The Morgan fingerprint density at radius 2 is 0.957 bits per heavy atom. The van der Waals surface area contributed by atoms with E-state index in [9.17, 15) is 26.4 Å². The predicted molar refractivity (Wildman–Crippen MR) is 181 cm³/mol. The molecule has 0 saturated heterocycles. The van der Waals surface area contributed by atoms with Crippen LogP contribution in [-0.2, 0) is 29.6 Å². The highest BCUT2D eigenvalue weighted by Gasteiger charge is 2.17. The van der Waals surface area contributed by atoms with Crippen molar-refractivity contribution >= 4 is 66.6 Å². The molecule has 0 fully saturated rings. The number of anilines is 4. The Labute approximate surface area is 277 Å². The molecule has 0 aliphatic rings. The number of nitrogens with zero attached hydrogens (tertiary/aromatic N) is 4. The van der Waals surface area contributed by atoms with E-state index in [4.69, 9.17) is 0 Å². The number of rotatable bonds is 14. The standard InChI is InChI=1S/C30H34N8O6S3/c1-19-17-27(33-21(3)31-19)37-46(41,42)25-9-5-23(6-10-25)35-29(39)13-15-45-16-14-30(40)36-24-7-11-26(12-8-24)47(43,44)38-28-18-20(2)32-22(4)34-28/h5-12,17-18H,13-16H2,1-4H3,(H,35,39)(H,36,40)(H,31,33,37)(H,32,34,38). The van der Waals surface area contributed by atoms with Crippen LogP contribution in [0, 0.1) is 27.7 Å². The van der Waals surface area contributed by atoms with E-state index in [0.717, 1.165) is 0 Å². The Hall–Kier alpha value is -4.61. The molecule has 2 aromatic carbocycles. The summed E-state index contributed by atoms with van der Waals surface area (Å²) in [5.41, 5.74) is 2.15. The Bertz CT molecular complexity index is 1790. The van der Waals surface area contributed by atoms with Gasteiger partial charge in [0.15, 0.2) is 0 Å². The van der Waals surface area contributed by atoms with Crippen LogP contribution in [0.1, 0.15) is 35.9 Å². The molecule has 17 heteroatoms. The molecule has 0 radical (unpaired) electrons. The van der Waals surface area contributed by atoms with E-state index in [-0.39, 0.29) is 46.1 Å².